The molecule has 0 spiro atoms. The van der Waals surface area contributed by atoms with Crippen LogP contribution in [0.25, 0.3) is 0 Å². The standard InChI is InChI=1S/C17H21F4N5OS/c1-10-11(5-6-13(18)22-10)14(24-28(27)15(2,3)4)12-9-26(25-23-12)16(7-8-16)17(19,20)21/h5-6,9,14,24H,7-8H2,1-4H3/t14-,28+/m0/s1. The van der Waals surface area contributed by atoms with Crippen LogP contribution < -0.4 is 4.72 Å². The lowest BCUT2D eigenvalue weighted by Gasteiger charge is -2.24. The number of pyridine rings is 1. The quantitative estimate of drug-likeness (QED) is 0.596. The van der Waals surface area contributed by atoms with Crippen molar-refractivity contribution in [2.45, 2.75) is 63.0 Å². The molecule has 1 fully saturated rings. The molecule has 2 heterocycles. The van der Waals surface area contributed by atoms with E-state index >= 15 is 0 Å². The van der Waals surface area contributed by atoms with Crippen LogP contribution in [-0.2, 0) is 16.5 Å². The second kappa shape index (κ2) is 6.87. The summed E-state index contributed by atoms with van der Waals surface area (Å²) in [5, 5.41) is 7.60. The Kier molecular flexibility index (Phi) is 5.11. The molecule has 0 aromatic carbocycles. The summed E-state index contributed by atoms with van der Waals surface area (Å²) >= 11 is 0. The van der Waals surface area contributed by atoms with E-state index in [9.17, 15) is 21.8 Å². The Bertz CT molecular complexity index is 902. The summed E-state index contributed by atoms with van der Waals surface area (Å²) in [6.07, 6.45) is -3.37. The number of aryl methyl sites for hydroxylation is 1. The number of nitrogens with one attached hydrogen (secondary N) is 1. The Morgan fingerprint density at radius 1 is 1.25 bits per heavy atom. The van der Waals surface area contributed by atoms with E-state index < -0.39 is 39.4 Å². The van der Waals surface area contributed by atoms with E-state index in [1.165, 1.54) is 12.3 Å². The van der Waals surface area contributed by atoms with Gasteiger partial charge >= 0.3 is 6.18 Å². The third-order valence-corrected chi connectivity index (χ3v) is 6.24. The zero-order valence-electron chi connectivity index (χ0n) is 15.8. The van der Waals surface area contributed by atoms with E-state index in [0.29, 0.717) is 11.3 Å². The van der Waals surface area contributed by atoms with Gasteiger partial charge in [-0.3, -0.25) is 0 Å². The van der Waals surface area contributed by atoms with Crippen LogP contribution >= 0.6 is 0 Å². The number of rotatable bonds is 5. The summed E-state index contributed by atoms with van der Waals surface area (Å²) in [6, 6.07) is 1.73. The molecule has 1 N–H and O–H groups in total. The lowest BCUT2D eigenvalue weighted by molar-refractivity contribution is -0.182. The van der Waals surface area contributed by atoms with E-state index in [1.54, 1.807) is 27.7 Å². The molecule has 2 aromatic rings. The van der Waals surface area contributed by atoms with Gasteiger partial charge in [-0.05, 0) is 52.2 Å². The Hall–Kier alpha value is -1.88. The Balaban J connectivity index is 2.02. The fourth-order valence-electron chi connectivity index (χ4n) is 2.79. The molecular formula is C17H21F4N5OS. The fourth-order valence-corrected chi connectivity index (χ4v) is 3.61. The van der Waals surface area contributed by atoms with Crippen molar-refractivity contribution in [1.82, 2.24) is 24.7 Å². The third kappa shape index (κ3) is 3.82. The van der Waals surface area contributed by atoms with Crippen molar-refractivity contribution < 1.29 is 21.8 Å². The maximum atomic E-state index is 13.4. The van der Waals surface area contributed by atoms with E-state index in [4.69, 9.17) is 0 Å². The number of alkyl halides is 3. The molecule has 2 atom stereocenters. The zero-order chi connectivity index (χ0) is 20.9. The number of hydrogen-bond acceptors (Lipinski definition) is 4. The normalized spacial score (nSPS) is 18.7. The molecule has 0 unspecified atom stereocenters. The first-order valence-corrected chi connectivity index (χ1v) is 9.81. The van der Waals surface area contributed by atoms with Gasteiger partial charge in [-0.2, -0.15) is 17.6 Å². The minimum Gasteiger partial charge on any atom is -0.242 e. The highest BCUT2D eigenvalue weighted by Crippen LogP contribution is 2.55. The molecule has 3 rings (SSSR count). The van der Waals surface area contributed by atoms with Crippen LogP contribution in [0.3, 0.4) is 0 Å². The van der Waals surface area contributed by atoms with Crippen LogP contribution in [0.4, 0.5) is 17.6 Å². The average molecular weight is 419 g/mol. The topological polar surface area (TPSA) is 72.7 Å². The minimum atomic E-state index is -4.44. The Morgan fingerprint density at radius 3 is 2.39 bits per heavy atom. The molecule has 154 valence electrons. The highest BCUT2D eigenvalue weighted by molar-refractivity contribution is 7.84. The van der Waals surface area contributed by atoms with Crippen molar-refractivity contribution >= 4 is 11.0 Å². The van der Waals surface area contributed by atoms with Crippen molar-refractivity contribution in [3.63, 3.8) is 0 Å². The Morgan fingerprint density at radius 2 is 1.89 bits per heavy atom. The van der Waals surface area contributed by atoms with Crippen LogP contribution in [0.15, 0.2) is 18.3 Å². The van der Waals surface area contributed by atoms with Gasteiger partial charge in [0.15, 0.2) is 5.54 Å². The summed E-state index contributed by atoms with van der Waals surface area (Å²) in [4.78, 5) is 3.76. The zero-order valence-corrected chi connectivity index (χ0v) is 16.7. The van der Waals surface area contributed by atoms with Crippen molar-refractivity contribution in [3.05, 3.63) is 41.2 Å². The van der Waals surface area contributed by atoms with Gasteiger partial charge < -0.3 is 0 Å². The van der Waals surface area contributed by atoms with Crippen molar-refractivity contribution in [2.75, 3.05) is 0 Å². The molecule has 0 radical (unpaired) electrons. The number of nitrogens with zero attached hydrogens (tertiary/aromatic N) is 4. The molecule has 1 aliphatic rings. The summed E-state index contributed by atoms with van der Waals surface area (Å²) < 4.78 is 69.3. The lowest BCUT2D eigenvalue weighted by Crippen LogP contribution is -2.37. The van der Waals surface area contributed by atoms with Crippen LogP contribution in [-0.4, -0.2) is 35.1 Å². The number of aromatic nitrogens is 4. The molecule has 0 bridgehead atoms. The molecule has 1 saturated carbocycles. The Labute approximate surface area is 162 Å². The maximum Gasteiger partial charge on any atom is 0.413 e. The summed E-state index contributed by atoms with van der Waals surface area (Å²) in [5.41, 5.74) is -1.11. The molecule has 11 heteroatoms. The van der Waals surface area contributed by atoms with Crippen molar-refractivity contribution in [1.29, 1.82) is 0 Å². The van der Waals surface area contributed by atoms with Gasteiger partial charge in [0.05, 0.1) is 28.0 Å². The van der Waals surface area contributed by atoms with Gasteiger partial charge in [0.2, 0.25) is 5.95 Å². The van der Waals surface area contributed by atoms with Crippen LogP contribution in [0, 0.1) is 12.9 Å². The number of halogens is 4. The largest absolute Gasteiger partial charge is 0.413 e. The molecule has 0 amide bonds. The molecule has 28 heavy (non-hydrogen) atoms. The molecule has 0 saturated heterocycles. The van der Waals surface area contributed by atoms with Gasteiger partial charge in [0, 0.05) is 5.69 Å². The third-order valence-electron chi connectivity index (χ3n) is 4.68. The monoisotopic (exact) mass is 419 g/mol. The van der Waals surface area contributed by atoms with Gasteiger partial charge in [-0.25, -0.2) is 18.6 Å². The predicted octanol–water partition coefficient (Wildman–Crippen LogP) is 3.31. The average Bonchev–Trinajstić information content (AvgIpc) is 3.24. The van der Waals surface area contributed by atoms with Gasteiger partial charge in [0.1, 0.15) is 5.69 Å². The van der Waals surface area contributed by atoms with E-state index in [1.807, 2.05) is 0 Å². The van der Waals surface area contributed by atoms with E-state index in [-0.39, 0.29) is 18.5 Å². The highest BCUT2D eigenvalue weighted by atomic mass is 32.2. The summed E-state index contributed by atoms with van der Waals surface area (Å²) in [6.45, 7) is 6.82. The highest BCUT2D eigenvalue weighted by Gasteiger charge is 2.66. The SMILES string of the molecule is Cc1nc(F)ccc1[C@H](N[S@](=O)C(C)(C)C)c1cn(C2(C(F)(F)F)CC2)nn1. The first-order valence-electron chi connectivity index (χ1n) is 8.66. The second-order valence-corrected chi connectivity index (χ2v) is 9.86. The van der Waals surface area contributed by atoms with Crippen LogP contribution in [0.2, 0.25) is 0 Å². The van der Waals surface area contributed by atoms with E-state index in [0.717, 1.165) is 10.7 Å². The molecule has 6 nitrogen and oxygen atoms in total. The maximum absolute atomic E-state index is 13.4. The fraction of sp³-hybridized carbons (Fsp3) is 0.588. The van der Waals surface area contributed by atoms with Gasteiger partial charge in [0.25, 0.3) is 0 Å². The van der Waals surface area contributed by atoms with Crippen molar-refractivity contribution in [3.8, 4) is 0 Å². The van der Waals surface area contributed by atoms with E-state index in [2.05, 4.69) is 20.0 Å². The first kappa shape index (κ1) is 20.8. The molecule has 0 aliphatic heterocycles. The van der Waals surface area contributed by atoms with Gasteiger partial charge in [-0.1, -0.05) is 11.3 Å². The molecule has 2 aromatic heterocycles. The minimum absolute atomic E-state index is 0.0670. The summed E-state index contributed by atoms with van der Waals surface area (Å²) in [5.74, 6) is -0.686. The van der Waals surface area contributed by atoms with Crippen LogP contribution in [0.5, 0.6) is 0 Å². The first-order chi connectivity index (χ1) is 12.8. The number of hydrogen-bond donors (Lipinski definition) is 1. The smallest absolute Gasteiger partial charge is 0.242 e. The predicted molar refractivity (Wildman–Crippen MR) is 95.1 cm³/mol. The second-order valence-electron chi connectivity index (χ2n) is 7.86. The summed E-state index contributed by atoms with van der Waals surface area (Å²) in [7, 11) is -1.57. The van der Waals surface area contributed by atoms with Crippen molar-refractivity contribution in [2.24, 2.45) is 0 Å². The molecule has 1 aliphatic carbocycles. The lowest BCUT2D eigenvalue weighted by atomic mass is 10.0. The molecular weight excluding hydrogens is 398 g/mol. The van der Waals surface area contributed by atoms with Crippen LogP contribution in [0.1, 0.15) is 56.6 Å². The van der Waals surface area contributed by atoms with Gasteiger partial charge in [-0.15, -0.1) is 5.10 Å².